The number of benzene rings is 2. The minimum atomic E-state index is 0.206. The van der Waals surface area contributed by atoms with E-state index in [1.807, 2.05) is 6.92 Å². The SMILES string of the molecule is COc1cc(OC)c(Nc2ncnc(Oc3ccc(Cl)c(C)c3)c2N)cc1Cl. The molecule has 0 atom stereocenters. The van der Waals surface area contributed by atoms with Crippen molar-refractivity contribution in [2.24, 2.45) is 0 Å². The summed E-state index contributed by atoms with van der Waals surface area (Å²) in [5, 5.41) is 4.14. The van der Waals surface area contributed by atoms with Gasteiger partial charge < -0.3 is 25.3 Å². The maximum atomic E-state index is 6.21. The molecule has 146 valence electrons. The summed E-state index contributed by atoms with van der Waals surface area (Å²) in [4.78, 5) is 8.28. The highest BCUT2D eigenvalue weighted by Crippen LogP contribution is 2.39. The molecule has 0 saturated carbocycles. The van der Waals surface area contributed by atoms with Gasteiger partial charge in [0, 0.05) is 11.1 Å². The molecule has 0 aliphatic heterocycles. The third-order valence-electron chi connectivity index (χ3n) is 3.92. The second-order valence-electron chi connectivity index (χ2n) is 5.77. The predicted molar refractivity (Wildman–Crippen MR) is 111 cm³/mol. The van der Waals surface area contributed by atoms with E-state index in [-0.39, 0.29) is 11.6 Å². The van der Waals surface area contributed by atoms with Crippen LogP contribution in [0.2, 0.25) is 10.0 Å². The van der Waals surface area contributed by atoms with Gasteiger partial charge in [0.15, 0.2) is 5.82 Å². The predicted octanol–water partition coefficient (Wildman–Crippen LogP) is 5.23. The van der Waals surface area contributed by atoms with E-state index >= 15 is 0 Å². The van der Waals surface area contributed by atoms with Gasteiger partial charge in [0.25, 0.3) is 0 Å². The molecule has 0 aliphatic carbocycles. The first kappa shape index (κ1) is 19.9. The molecule has 0 saturated heterocycles. The quantitative estimate of drug-likeness (QED) is 0.563. The molecule has 0 amide bonds. The molecule has 1 aromatic heterocycles. The Labute approximate surface area is 172 Å². The number of methoxy groups -OCH3 is 2. The van der Waals surface area contributed by atoms with Crippen molar-refractivity contribution in [1.29, 1.82) is 0 Å². The standard InChI is InChI=1S/C19H18Cl2N4O3/c1-10-6-11(4-5-12(10)20)28-19-17(22)18(23-9-24-19)25-14-7-13(21)15(26-2)8-16(14)27-3/h4-9H,22H2,1-3H3,(H,23,24,25). The molecule has 7 nitrogen and oxygen atoms in total. The van der Waals surface area contributed by atoms with Gasteiger partial charge in [-0.2, -0.15) is 4.98 Å². The molecule has 1 heterocycles. The van der Waals surface area contributed by atoms with E-state index in [9.17, 15) is 0 Å². The van der Waals surface area contributed by atoms with Crippen molar-refractivity contribution in [3.05, 3.63) is 52.3 Å². The monoisotopic (exact) mass is 420 g/mol. The Morgan fingerprint density at radius 1 is 0.964 bits per heavy atom. The first-order valence-electron chi connectivity index (χ1n) is 8.16. The Hall–Kier alpha value is -2.90. The van der Waals surface area contributed by atoms with E-state index in [1.165, 1.54) is 20.5 Å². The molecule has 0 fully saturated rings. The van der Waals surface area contributed by atoms with Crippen molar-refractivity contribution in [2.45, 2.75) is 6.92 Å². The Kier molecular flexibility index (Phi) is 5.96. The van der Waals surface area contributed by atoms with Gasteiger partial charge in [0.1, 0.15) is 29.3 Å². The van der Waals surface area contributed by atoms with Crippen LogP contribution in [0.25, 0.3) is 0 Å². The highest BCUT2D eigenvalue weighted by Gasteiger charge is 2.15. The number of hydrogen-bond acceptors (Lipinski definition) is 7. The summed E-state index contributed by atoms with van der Waals surface area (Å²) in [7, 11) is 3.06. The van der Waals surface area contributed by atoms with Crippen LogP contribution >= 0.6 is 23.2 Å². The highest BCUT2D eigenvalue weighted by atomic mass is 35.5. The maximum Gasteiger partial charge on any atom is 0.248 e. The van der Waals surface area contributed by atoms with Gasteiger partial charge in [0.05, 0.1) is 24.9 Å². The average molecular weight is 421 g/mol. The molecule has 3 rings (SSSR count). The second-order valence-corrected chi connectivity index (χ2v) is 6.58. The normalized spacial score (nSPS) is 10.5. The number of rotatable bonds is 6. The second kappa shape index (κ2) is 8.41. The molecule has 0 unspecified atom stereocenters. The van der Waals surface area contributed by atoms with E-state index in [1.54, 1.807) is 30.3 Å². The van der Waals surface area contributed by atoms with Crippen LogP contribution in [0.4, 0.5) is 17.2 Å². The van der Waals surface area contributed by atoms with Crippen LogP contribution in [0.1, 0.15) is 5.56 Å². The van der Waals surface area contributed by atoms with Crippen LogP contribution in [0.15, 0.2) is 36.7 Å². The van der Waals surface area contributed by atoms with Crippen molar-refractivity contribution in [3.63, 3.8) is 0 Å². The lowest BCUT2D eigenvalue weighted by molar-refractivity contribution is 0.396. The summed E-state index contributed by atoms with van der Waals surface area (Å²) in [5.74, 6) is 2.10. The Morgan fingerprint density at radius 3 is 2.39 bits per heavy atom. The van der Waals surface area contributed by atoms with Crippen molar-refractivity contribution in [1.82, 2.24) is 9.97 Å². The Balaban J connectivity index is 1.91. The lowest BCUT2D eigenvalue weighted by Crippen LogP contribution is -2.04. The minimum Gasteiger partial charge on any atom is -0.495 e. The number of nitrogens with two attached hydrogens (primary N) is 1. The zero-order valence-electron chi connectivity index (χ0n) is 15.4. The summed E-state index contributed by atoms with van der Waals surface area (Å²) >= 11 is 12.3. The molecule has 28 heavy (non-hydrogen) atoms. The van der Waals surface area contributed by atoms with Crippen molar-refractivity contribution >= 4 is 40.4 Å². The molecule has 9 heteroatoms. The zero-order valence-corrected chi connectivity index (χ0v) is 16.9. The Bertz CT molecular complexity index is 1010. The number of halogens is 2. The highest BCUT2D eigenvalue weighted by molar-refractivity contribution is 6.32. The van der Waals surface area contributed by atoms with Crippen LogP contribution in [0.3, 0.4) is 0 Å². The van der Waals surface area contributed by atoms with Crippen molar-refractivity contribution < 1.29 is 14.2 Å². The van der Waals surface area contributed by atoms with Crippen LogP contribution in [0, 0.1) is 6.92 Å². The molecule has 0 spiro atoms. The molecule has 0 aliphatic rings. The fraction of sp³-hybridized carbons (Fsp3) is 0.158. The van der Waals surface area contributed by atoms with Gasteiger partial charge >= 0.3 is 0 Å². The zero-order chi connectivity index (χ0) is 20.3. The van der Waals surface area contributed by atoms with E-state index in [4.69, 9.17) is 43.1 Å². The van der Waals surface area contributed by atoms with E-state index < -0.39 is 0 Å². The minimum absolute atomic E-state index is 0.206. The number of aromatic nitrogens is 2. The van der Waals surface area contributed by atoms with Crippen LogP contribution in [0.5, 0.6) is 23.1 Å². The van der Waals surface area contributed by atoms with E-state index in [0.29, 0.717) is 38.8 Å². The number of hydrogen-bond donors (Lipinski definition) is 2. The van der Waals surface area contributed by atoms with E-state index in [0.717, 1.165) is 5.56 Å². The fourth-order valence-corrected chi connectivity index (χ4v) is 2.80. The number of nitrogens with zero attached hydrogens (tertiary/aromatic N) is 2. The first-order chi connectivity index (χ1) is 13.4. The van der Waals surface area contributed by atoms with Crippen molar-refractivity contribution in [2.75, 3.05) is 25.3 Å². The topological polar surface area (TPSA) is 91.5 Å². The van der Waals surface area contributed by atoms with Crippen LogP contribution in [-0.2, 0) is 0 Å². The van der Waals surface area contributed by atoms with Gasteiger partial charge in [-0.1, -0.05) is 23.2 Å². The third-order valence-corrected chi connectivity index (χ3v) is 4.64. The summed E-state index contributed by atoms with van der Waals surface area (Å²) in [6.45, 7) is 1.88. The first-order valence-corrected chi connectivity index (χ1v) is 8.91. The molecular weight excluding hydrogens is 403 g/mol. The van der Waals surface area contributed by atoms with Crippen LogP contribution < -0.4 is 25.3 Å². The molecule has 0 radical (unpaired) electrons. The summed E-state index contributed by atoms with van der Waals surface area (Å²) in [6, 6.07) is 8.59. The van der Waals surface area contributed by atoms with Gasteiger partial charge in [-0.05, 0) is 36.8 Å². The summed E-state index contributed by atoms with van der Waals surface area (Å²) in [5.41, 5.74) is 7.86. The molecule has 0 bridgehead atoms. The summed E-state index contributed by atoms with van der Waals surface area (Å²) in [6.07, 6.45) is 1.34. The third kappa shape index (κ3) is 4.16. The number of nitrogens with one attached hydrogen (secondary N) is 1. The number of ether oxygens (including phenoxy) is 3. The molecular formula is C19H18Cl2N4O3. The van der Waals surface area contributed by atoms with Crippen molar-refractivity contribution in [3.8, 4) is 23.1 Å². The van der Waals surface area contributed by atoms with Gasteiger partial charge in [0.2, 0.25) is 5.88 Å². The molecule has 3 N–H and O–H groups in total. The lowest BCUT2D eigenvalue weighted by Gasteiger charge is -2.15. The Morgan fingerprint density at radius 2 is 1.71 bits per heavy atom. The fourth-order valence-electron chi connectivity index (χ4n) is 2.44. The van der Waals surface area contributed by atoms with Gasteiger partial charge in [-0.15, -0.1) is 0 Å². The smallest absolute Gasteiger partial charge is 0.248 e. The molecule has 2 aromatic carbocycles. The van der Waals surface area contributed by atoms with Gasteiger partial charge in [-0.25, -0.2) is 4.98 Å². The maximum absolute atomic E-state index is 6.21. The van der Waals surface area contributed by atoms with E-state index in [2.05, 4.69) is 15.3 Å². The van der Waals surface area contributed by atoms with Gasteiger partial charge in [-0.3, -0.25) is 0 Å². The summed E-state index contributed by atoms with van der Waals surface area (Å²) < 4.78 is 16.4. The number of aryl methyl sites for hydroxylation is 1. The lowest BCUT2D eigenvalue weighted by atomic mass is 10.2. The number of anilines is 3. The largest absolute Gasteiger partial charge is 0.495 e. The van der Waals surface area contributed by atoms with Crippen LogP contribution in [-0.4, -0.2) is 24.2 Å². The number of nitrogen functional groups attached to an aromatic ring is 1. The molecule has 3 aromatic rings. The average Bonchev–Trinajstić information content (AvgIpc) is 2.68.